The molecule has 2 heterocycles. The predicted molar refractivity (Wildman–Crippen MR) is 117 cm³/mol. The highest BCUT2D eigenvalue weighted by atomic mass is 79.9. The van der Waals surface area contributed by atoms with Gasteiger partial charge in [-0.1, -0.05) is 23.7 Å². The molecule has 4 rings (SSSR count). The highest BCUT2D eigenvalue weighted by Crippen LogP contribution is 2.24. The number of halogens is 6. The van der Waals surface area contributed by atoms with Crippen molar-refractivity contribution in [3.8, 4) is 17.1 Å². The van der Waals surface area contributed by atoms with Crippen molar-refractivity contribution in [2.24, 2.45) is 0 Å². The highest BCUT2D eigenvalue weighted by molar-refractivity contribution is 9.10. The molecule has 0 aliphatic rings. The zero-order valence-electron chi connectivity index (χ0n) is 16.9. The molecule has 0 aliphatic carbocycles. The van der Waals surface area contributed by atoms with Crippen LogP contribution in [-0.4, -0.2) is 46.5 Å². The summed E-state index contributed by atoms with van der Waals surface area (Å²) in [7, 11) is 0. The van der Waals surface area contributed by atoms with E-state index in [9.17, 15) is 27.5 Å². The maximum Gasteiger partial charge on any atom is 0.416 e. The monoisotopic (exact) mass is 560 g/mol. The largest absolute Gasteiger partial charge is 0.416 e. The Balaban J connectivity index is 1.74. The molecule has 0 spiro atoms. The average Bonchev–Trinajstić information content (AvgIpc) is 3.28. The summed E-state index contributed by atoms with van der Waals surface area (Å²) in [5, 5.41) is 18.2. The van der Waals surface area contributed by atoms with Gasteiger partial charge in [0.1, 0.15) is 18.0 Å². The van der Waals surface area contributed by atoms with Crippen LogP contribution < -0.4 is 5.69 Å². The summed E-state index contributed by atoms with van der Waals surface area (Å²) >= 11 is 9.05. The van der Waals surface area contributed by atoms with E-state index in [2.05, 4.69) is 31.1 Å². The van der Waals surface area contributed by atoms with E-state index in [1.54, 1.807) is 6.07 Å². The van der Waals surface area contributed by atoms with E-state index >= 15 is 0 Å². The van der Waals surface area contributed by atoms with Crippen LogP contribution in [0.4, 0.5) is 17.6 Å². The molecule has 0 radical (unpaired) electrons. The maximum atomic E-state index is 14.1. The Morgan fingerprint density at radius 1 is 1.09 bits per heavy atom. The van der Waals surface area contributed by atoms with Crippen molar-refractivity contribution in [3.63, 3.8) is 0 Å². The normalized spacial score (nSPS) is 12.8. The second-order valence-electron chi connectivity index (χ2n) is 7.10. The predicted octanol–water partition coefficient (Wildman–Crippen LogP) is 3.82. The van der Waals surface area contributed by atoms with E-state index in [1.165, 1.54) is 47.1 Å². The Bertz CT molecular complexity index is 1380. The van der Waals surface area contributed by atoms with Crippen molar-refractivity contribution in [3.05, 3.63) is 80.4 Å². The summed E-state index contributed by atoms with van der Waals surface area (Å²) in [5.41, 5.74) is -0.520. The fourth-order valence-corrected chi connectivity index (χ4v) is 3.71. The Labute approximate surface area is 202 Å². The number of benzene rings is 2. The Morgan fingerprint density at radius 3 is 2.41 bits per heavy atom. The van der Waals surface area contributed by atoms with Crippen LogP contribution in [0.1, 0.15) is 5.82 Å². The molecule has 2 aromatic carbocycles. The molecule has 0 amide bonds. The number of hydrogen-bond donors (Lipinski definition) is 1. The van der Waals surface area contributed by atoms with Crippen LogP contribution in [0, 0.1) is 5.82 Å². The van der Waals surface area contributed by atoms with Crippen molar-refractivity contribution in [1.29, 1.82) is 0 Å². The summed E-state index contributed by atoms with van der Waals surface area (Å²) in [6.07, 6.45) is -7.73. The van der Waals surface area contributed by atoms with Crippen molar-refractivity contribution >= 4 is 27.5 Å². The summed E-state index contributed by atoms with van der Waals surface area (Å²) in [6.45, 7) is -1.39. The number of hydrogen-bond acceptors (Lipinski definition) is 5. The summed E-state index contributed by atoms with van der Waals surface area (Å²) < 4.78 is 56.0. The third-order valence-corrected chi connectivity index (χ3v) is 5.51. The van der Waals surface area contributed by atoms with E-state index in [0.717, 1.165) is 4.68 Å². The number of aliphatic hydroxyl groups excluding tert-OH is 1. The minimum Gasteiger partial charge on any atom is -0.382 e. The number of aliphatic hydroxyl groups is 1. The lowest BCUT2D eigenvalue weighted by Gasteiger charge is -2.15. The second kappa shape index (κ2) is 9.31. The molecular formula is C20H14BrClF4N6O2. The smallest absolute Gasteiger partial charge is 0.382 e. The minimum atomic E-state index is -4.94. The van der Waals surface area contributed by atoms with E-state index in [-0.39, 0.29) is 28.6 Å². The quantitative estimate of drug-likeness (QED) is 0.362. The first-order valence-corrected chi connectivity index (χ1v) is 10.8. The average molecular weight is 562 g/mol. The number of aromatic nitrogens is 6. The number of nitrogens with zero attached hydrogens (tertiary/aromatic N) is 6. The van der Waals surface area contributed by atoms with Crippen LogP contribution >= 0.6 is 27.5 Å². The van der Waals surface area contributed by atoms with Gasteiger partial charge in [-0.15, -0.1) is 10.2 Å². The van der Waals surface area contributed by atoms with Gasteiger partial charge >= 0.3 is 11.9 Å². The van der Waals surface area contributed by atoms with Crippen molar-refractivity contribution < 1.29 is 22.7 Å². The topological polar surface area (TPSA) is 90.8 Å². The first kappa shape index (κ1) is 24.1. The van der Waals surface area contributed by atoms with Gasteiger partial charge in [0.15, 0.2) is 22.5 Å². The Hall–Kier alpha value is -3.03. The number of para-hydroxylation sites is 1. The zero-order chi connectivity index (χ0) is 24.6. The molecular weight excluding hydrogens is 548 g/mol. The molecule has 14 heteroatoms. The van der Waals surface area contributed by atoms with Gasteiger partial charge in [-0.2, -0.15) is 13.2 Å². The van der Waals surface area contributed by atoms with Gasteiger partial charge in [-0.25, -0.2) is 23.5 Å². The fraction of sp³-hybridized carbons (Fsp3) is 0.200. The van der Waals surface area contributed by atoms with Gasteiger partial charge < -0.3 is 5.11 Å². The van der Waals surface area contributed by atoms with Crippen molar-refractivity contribution in [1.82, 2.24) is 29.1 Å². The first-order valence-electron chi connectivity index (χ1n) is 9.59. The molecule has 0 bridgehead atoms. The van der Waals surface area contributed by atoms with Gasteiger partial charge in [-0.3, -0.25) is 4.57 Å². The lowest BCUT2D eigenvalue weighted by molar-refractivity contribution is -0.207. The highest BCUT2D eigenvalue weighted by Gasteiger charge is 2.39. The van der Waals surface area contributed by atoms with Gasteiger partial charge in [0, 0.05) is 10.6 Å². The van der Waals surface area contributed by atoms with Crippen molar-refractivity contribution in [2.75, 3.05) is 0 Å². The number of rotatable bonds is 6. The second-order valence-corrected chi connectivity index (χ2v) is 8.24. The summed E-state index contributed by atoms with van der Waals surface area (Å²) in [5.74, 6) is -0.634. The molecule has 1 atom stereocenters. The Kier molecular flexibility index (Phi) is 6.60. The standard InChI is InChI=1S/C20H14BrClF4N6O2/c21-18-27-16(28-32(18)14-4-2-1-3-13(14)23)10-31-19(34)30(9-15(33)20(24,25)26)17(29-31)11-5-7-12(22)8-6-11/h1-8,15,33H,9-10H2. The molecule has 0 saturated heterocycles. The van der Waals surface area contributed by atoms with Crippen LogP contribution in [-0.2, 0) is 13.1 Å². The van der Waals surface area contributed by atoms with Gasteiger partial charge in [0.05, 0.1) is 6.54 Å². The lowest BCUT2D eigenvalue weighted by atomic mass is 10.2. The zero-order valence-corrected chi connectivity index (χ0v) is 19.3. The molecule has 34 heavy (non-hydrogen) atoms. The van der Waals surface area contributed by atoms with Crippen LogP contribution in [0.5, 0.6) is 0 Å². The Morgan fingerprint density at radius 2 is 1.76 bits per heavy atom. The van der Waals surface area contributed by atoms with E-state index in [4.69, 9.17) is 11.6 Å². The SMILES string of the molecule is O=c1n(Cc2nc(Br)n(-c3ccccc3F)n2)nc(-c2ccc(Cl)cc2)n1CC(O)C(F)(F)F. The molecule has 1 N–H and O–H groups in total. The third-order valence-electron chi connectivity index (χ3n) is 4.74. The fourth-order valence-electron chi connectivity index (χ4n) is 3.11. The molecule has 178 valence electrons. The van der Waals surface area contributed by atoms with E-state index < -0.39 is 30.3 Å². The maximum absolute atomic E-state index is 14.1. The van der Waals surface area contributed by atoms with Crippen LogP contribution in [0.2, 0.25) is 5.02 Å². The molecule has 1 unspecified atom stereocenters. The van der Waals surface area contributed by atoms with Crippen LogP contribution in [0.15, 0.2) is 58.1 Å². The first-order chi connectivity index (χ1) is 16.0. The molecule has 0 saturated carbocycles. The van der Waals surface area contributed by atoms with Crippen LogP contribution in [0.3, 0.4) is 0 Å². The van der Waals surface area contributed by atoms with Crippen LogP contribution in [0.25, 0.3) is 17.1 Å². The van der Waals surface area contributed by atoms with Gasteiger partial charge in [0.25, 0.3) is 0 Å². The molecule has 8 nitrogen and oxygen atoms in total. The lowest BCUT2D eigenvalue weighted by Crippen LogP contribution is -2.37. The summed E-state index contributed by atoms with van der Waals surface area (Å²) in [4.78, 5) is 17.1. The third kappa shape index (κ3) is 4.91. The molecule has 4 aromatic rings. The number of alkyl halides is 3. The van der Waals surface area contributed by atoms with Gasteiger partial charge in [0.2, 0.25) is 0 Å². The minimum absolute atomic E-state index is 0.0425. The summed E-state index contributed by atoms with van der Waals surface area (Å²) in [6, 6.07) is 11.7. The van der Waals surface area contributed by atoms with E-state index in [1.807, 2.05) is 0 Å². The molecule has 0 fully saturated rings. The van der Waals surface area contributed by atoms with Gasteiger partial charge in [-0.05, 0) is 52.3 Å². The van der Waals surface area contributed by atoms with Crippen molar-refractivity contribution in [2.45, 2.75) is 25.4 Å². The molecule has 0 aliphatic heterocycles. The van der Waals surface area contributed by atoms with E-state index in [0.29, 0.717) is 15.2 Å². The molecule has 2 aromatic heterocycles.